The minimum Gasteiger partial charge on any atom is -0.273 e. The number of carbonyl (C=O) groups is 2. The van der Waals surface area contributed by atoms with E-state index in [1.54, 1.807) is 42.5 Å². The van der Waals surface area contributed by atoms with Crippen LogP contribution in [0.3, 0.4) is 0 Å². The van der Waals surface area contributed by atoms with Gasteiger partial charge in [-0.3, -0.25) is 30.2 Å². The molecule has 3 N–H and O–H groups in total. The second-order valence-corrected chi connectivity index (χ2v) is 9.34. The number of halogens is 1. The third kappa shape index (κ3) is 5.42. The first-order valence-corrected chi connectivity index (χ1v) is 11.6. The van der Waals surface area contributed by atoms with E-state index in [2.05, 4.69) is 20.6 Å². The molecule has 0 unspecified atom stereocenters. The smallest absolute Gasteiger partial charge is 0.263 e. The average Bonchev–Trinajstić information content (AvgIpc) is 3.01. The number of hydrogen-bond donors (Lipinski definition) is 3. The van der Waals surface area contributed by atoms with Gasteiger partial charge in [0.05, 0.1) is 11.3 Å². The summed E-state index contributed by atoms with van der Waals surface area (Å²) in [6.45, 7) is 3.73. The molecule has 8 nitrogen and oxygen atoms in total. The molecule has 1 aliphatic rings. The van der Waals surface area contributed by atoms with Crippen LogP contribution in [0.25, 0.3) is 0 Å². The Morgan fingerprint density at radius 3 is 2.45 bits per heavy atom. The highest BCUT2D eigenvalue weighted by Crippen LogP contribution is 2.24. The van der Waals surface area contributed by atoms with Crippen molar-refractivity contribution in [3.05, 3.63) is 64.7 Å². The number of aliphatic imine (C=N–C) groups is 1. The molecule has 2 aromatic carbocycles. The lowest BCUT2D eigenvalue weighted by molar-refractivity contribution is -0.129. The van der Waals surface area contributed by atoms with E-state index in [1.807, 2.05) is 13.8 Å². The number of fused-ring (bicyclic) bond motifs is 1. The highest BCUT2D eigenvalue weighted by molar-refractivity contribution is 7.90. The summed E-state index contributed by atoms with van der Waals surface area (Å²) in [7, 11) is -3.71. The normalized spacial score (nSPS) is 17.3. The molecule has 0 saturated carbocycles. The van der Waals surface area contributed by atoms with Crippen molar-refractivity contribution in [2.75, 3.05) is 0 Å². The fourth-order valence-corrected chi connectivity index (χ4v) is 4.44. The van der Waals surface area contributed by atoms with Crippen LogP contribution in [0.5, 0.6) is 0 Å². The molecule has 31 heavy (non-hydrogen) atoms. The second kappa shape index (κ2) is 9.49. The first-order chi connectivity index (χ1) is 14.7. The van der Waals surface area contributed by atoms with E-state index in [-0.39, 0.29) is 23.1 Å². The van der Waals surface area contributed by atoms with Crippen LogP contribution in [0.2, 0.25) is 5.02 Å². The minimum atomic E-state index is -3.71. The largest absolute Gasteiger partial charge is 0.273 e. The van der Waals surface area contributed by atoms with E-state index >= 15 is 0 Å². The van der Waals surface area contributed by atoms with Gasteiger partial charge >= 0.3 is 0 Å². The second-order valence-electron chi connectivity index (χ2n) is 7.25. The molecule has 1 heterocycles. The van der Waals surface area contributed by atoms with Crippen molar-refractivity contribution in [2.45, 2.75) is 37.6 Å². The lowest BCUT2D eigenvalue weighted by Crippen LogP contribution is -2.48. The number of sulfonamides is 1. The maximum absolute atomic E-state index is 12.8. The van der Waals surface area contributed by atoms with Crippen LogP contribution in [0.4, 0.5) is 0 Å². The maximum atomic E-state index is 12.8. The van der Waals surface area contributed by atoms with E-state index < -0.39 is 27.9 Å². The molecule has 1 aliphatic heterocycles. The Balaban J connectivity index is 1.73. The average molecular weight is 463 g/mol. The number of amidine groups is 1. The molecule has 0 spiro atoms. The van der Waals surface area contributed by atoms with Crippen molar-refractivity contribution in [1.82, 2.24) is 15.6 Å². The van der Waals surface area contributed by atoms with Gasteiger partial charge in [-0.05, 0) is 35.7 Å². The van der Waals surface area contributed by atoms with Crippen LogP contribution in [0.1, 0.15) is 31.4 Å². The number of carbonyl (C=O) groups excluding carboxylic acids is 2. The Kier molecular flexibility index (Phi) is 6.97. The molecule has 2 amide bonds. The van der Waals surface area contributed by atoms with Crippen LogP contribution in [0.15, 0.2) is 58.4 Å². The number of nitrogens with zero attached hydrogens (tertiary/aromatic N) is 1. The lowest BCUT2D eigenvalue weighted by atomic mass is 9.99. The fourth-order valence-electron chi connectivity index (χ4n) is 3.07. The van der Waals surface area contributed by atoms with Gasteiger partial charge in [0.25, 0.3) is 15.9 Å². The summed E-state index contributed by atoms with van der Waals surface area (Å²) in [5.41, 5.74) is 5.94. The van der Waals surface area contributed by atoms with Gasteiger partial charge < -0.3 is 0 Å². The van der Waals surface area contributed by atoms with Gasteiger partial charge in [0, 0.05) is 10.6 Å². The van der Waals surface area contributed by atoms with Crippen molar-refractivity contribution >= 4 is 39.3 Å². The first kappa shape index (κ1) is 22.8. The van der Waals surface area contributed by atoms with Crippen LogP contribution < -0.4 is 15.6 Å². The number of rotatable bonds is 6. The topological polar surface area (TPSA) is 117 Å². The summed E-state index contributed by atoms with van der Waals surface area (Å²) in [6.07, 6.45) is 0.690. The molecule has 2 aromatic rings. The number of amides is 2. The van der Waals surface area contributed by atoms with Crippen LogP contribution in [-0.4, -0.2) is 32.1 Å². The Morgan fingerprint density at radius 2 is 1.77 bits per heavy atom. The predicted octanol–water partition coefficient (Wildman–Crippen LogP) is 2.18. The molecular formula is C21H23ClN4O4S. The predicted molar refractivity (Wildman–Crippen MR) is 118 cm³/mol. The van der Waals surface area contributed by atoms with Gasteiger partial charge in [-0.15, -0.1) is 0 Å². The van der Waals surface area contributed by atoms with Crippen molar-refractivity contribution in [2.24, 2.45) is 10.9 Å². The molecule has 0 fully saturated rings. The Hall–Kier alpha value is -2.91. The van der Waals surface area contributed by atoms with E-state index in [4.69, 9.17) is 11.6 Å². The monoisotopic (exact) mass is 462 g/mol. The Labute approximate surface area is 186 Å². The third-order valence-corrected chi connectivity index (χ3v) is 6.63. The highest BCUT2D eigenvalue weighted by atomic mass is 35.5. The van der Waals surface area contributed by atoms with E-state index in [9.17, 15) is 18.0 Å². The quantitative estimate of drug-likeness (QED) is 0.570. The van der Waals surface area contributed by atoms with Crippen molar-refractivity contribution in [3.63, 3.8) is 0 Å². The number of benzene rings is 2. The van der Waals surface area contributed by atoms with Gasteiger partial charge in [-0.2, -0.15) is 0 Å². The first-order valence-electron chi connectivity index (χ1n) is 9.74. The van der Waals surface area contributed by atoms with Crippen molar-refractivity contribution in [1.29, 1.82) is 0 Å². The minimum absolute atomic E-state index is 0.0626. The molecule has 10 heteroatoms. The Bertz CT molecular complexity index is 1120. The SMILES string of the molecule is CC[C@H](C)[C@H](N=C1NS(=O)(=O)c2ccccc21)C(=O)NNC(=O)Cc1ccc(Cl)cc1. The summed E-state index contributed by atoms with van der Waals surface area (Å²) >= 11 is 5.84. The zero-order valence-electron chi connectivity index (χ0n) is 17.1. The van der Waals surface area contributed by atoms with Gasteiger partial charge in [0.1, 0.15) is 11.9 Å². The standard InChI is InChI=1S/C21H23ClN4O4S/c1-3-13(2)19(23-20-16-6-4-5-7-17(16)31(29,30)26-20)21(28)25-24-18(27)12-14-8-10-15(22)11-9-14/h4-11,13,19H,3,12H2,1-2H3,(H,23,26)(H,24,27)(H,25,28)/t13-,19-/m0/s1. The molecule has 0 aliphatic carbocycles. The van der Waals surface area contributed by atoms with Gasteiger partial charge in [0.2, 0.25) is 5.91 Å². The molecule has 0 radical (unpaired) electrons. The number of hydrogen-bond acceptors (Lipinski definition) is 5. The summed E-state index contributed by atoms with van der Waals surface area (Å²) in [6, 6.07) is 12.3. The fraction of sp³-hybridized carbons (Fsp3) is 0.286. The molecule has 2 atom stereocenters. The van der Waals surface area contributed by atoms with Crippen molar-refractivity contribution < 1.29 is 18.0 Å². The molecule has 164 valence electrons. The summed E-state index contributed by atoms with van der Waals surface area (Å²) < 4.78 is 27.0. The van der Waals surface area contributed by atoms with E-state index in [1.165, 1.54) is 6.07 Å². The van der Waals surface area contributed by atoms with Crippen LogP contribution in [0, 0.1) is 5.92 Å². The van der Waals surface area contributed by atoms with E-state index in [0.29, 0.717) is 17.0 Å². The summed E-state index contributed by atoms with van der Waals surface area (Å²) in [5, 5.41) is 0.567. The molecule has 3 rings (SSSR count). The maximum Gasteiger partial charge on any atom is 0.263 e. The lowest BCUT2D eigenvalue weighted by Gasteiger charge is -2.19. The molecule has 0 saturated heterocycles. The molecular weight excluding hydrogens is 440 g/mol. The zero-order valence-corrected chi connectivity index (χ0v) is 18.6. The highest BCUT2D eigenvalue weighted by Gasteiger charge is 2.33. The van der Waals surface area contributed by atoms with Crippen molar-refractivity contribution in [3.8, 4) is 0 Å². The van der Waals surface area contributed by atoms with Crippen LogP contribution in [-0.2, 0) is 26.0 Å². The Morgan fingerprint density at radius 1 is 1.10 bits per heavy atom. The van der Waals surface area contributed by atoms with Gasteiger partial charge in [0.15, 0.2) is 0 Å². The number of hydrazine groups is 1. The van der Waals surface area contributed by atoms with Gasteiger partial charge in [-0.25, -0.2) is 8.42 Å². The van der Waals surface area contributed by atoms with Crippen LogP contribution >= 0.6 is 11.6 Å². The zero-order chi connectivity index (χ0) is 22.6. The molecule has 0 aromatic heterocycles. The van der Waals surface area contributed by atoms with E-state index in [0.717, 1.165) is 5.56 Å². The molecule has 0 bridgehead atoms. The summed E-state index contributed by atoms with van der Waals surface area (Å²) in [5.74, 6) is -1.02. The summed E-state index contributed by atoms with van der Waals surface area (Å²) in [4.78, 5) is 29.5. The number of nitrogens with one attached hydrogen (secondary N) is 3. The van der Waals surface area contributed by atoms with Gasteiger partial charge in [-0.1, -0.05) is 56.1 Å². The third-order valence-electron chi connectivity index (χ3n) is 4.99.